The summed E-state index contributed by atoms with van der Waals surface area (Å²) in [6.07, 6.45) is -0.593. The molecule has 0 radical (unpaired) electrons. The van der Waals surface area contributed by atoms with Gasteiger partial charge < -0.3 is 20.5 Å². The minimum atomic E-state index is -1.06. The fourth-order valence-electron chi connectivity index (χ4n) is 4.17. The molecule has 0 heterocycles. The fourth-order valence-corrected chi connectivity index (χ4v) is 4.17. The van der Waals surface area contributed by atoms with Crippen molar-refractivity contribution in [3.63, 3.8) is 0 Å². The van der Waals surface area contributed by atoms with Gasteiger partial charge in [-0.2, -0.15) is 0 Å². The van der Waals surface area contributed by atoms with Gasteiger partial charge in [0.1, 0.15) is 6.61 Å². The van der Waals surface area contributed by atoms with Crippen LogP contribution in [0.2, 0.25) is 0 Å². The van der Waals surface area contributed by atoms with Gasteiger partial charge in [0.25, 0.3) is 0 Å². The van der Waals surface area contributed by atoms with Crippen LogP contribution in [0.5, 0.6) is 0 Å². The molecule has 7 heteroatoms. The lowest BCUT2D eigenvalue weighted by Gasteiger charge is -2.16. The lowest BCUT2D eigenvalue weighted by Crippen LogP contribution is -2.35. The highest BCUT2D eigenvalue weighted by molar-refractivity contribution is 5.95. The van der Waals surface area contributed by atoms with Crippen molar-refractivity contribution < 1.29 is 24.2 Å². The molecule has 4 rings (SSSR count). The number of benzene rings is 3. The number of carboxylic acids is 1. The second-order valence-corrected chi connectivity index (χ2v) is 8.43. The molecule has 3 aromatic rings. The topological polar surface area (TPSA) is 105 Å². The number of hydrogen-bond acceptors (Lipinski definition) is 4. The summed E-state index contributed by atoms with van der Waals surface area (Å²) in [5.41, 5.74) is 5.68. The third kappa shape index (κ3) is 4.78. The van der Waals surface area contributed by atoms with Crippen LogP contribution in [0.15, 0.2) is 66.7 Å². The van der Waals surface area contributed by atoms with Gasteiger partial charge >= 0.3 is 12.1 Å². The fraction of sp³-hybridized carbons (Fsp3) is 0.222. The van der Waals surface area contributed by atoms with Crippen LogP contribution >= 0.6 is 0 Å². The molecule has 174 valence electrons. The molecule has 0 aliphatic heterocycles. The highest BCUT2D eigenvalue weighted by Crippen LogP contribution is 2.44. The number of carbonyl (C=O) groups is 3. The van der Waals surface area contributed by atoms with E-state index in [0.717, 1.165) is 22.3 Å². The second-order valence-electron chi connectivity index (χ2n) is 8.43. The maximum Gasteiger partial charge on any atom is 0.407 e. The van der Waals surface area contributed by atoms with Crippen LogP contribution < -0.4 is 10.6 Å². The zero-order valence-electron chi connectivity index (χ0n) is 19.0. The Bertz CT molecular complexity index is 1210. The monoisotopic (exact) mass is 458 g/mol. The molecule has 34 heavy (non-hydrogen) atoms. The van der Waals surface area contributed by atoms with Crippen molar-refractivity contribution in [2.45, 2.75) is 19.8 Å². The van der Waals surface area contributed by atoms with Crippen molar-refractivity contribution in [2.24, 2.45) is 5.92 Å². The highest BCUT2D eigenvalue weighted by atomic mass is 16.5. The largest absolute Gasteiger partial charge is 0.478 e. The van der Waals surface area contributed by atoms with Crippen LogP contribution in [-0.4, -0.2) is 36.2 Å². The summed E-state index contributed by atoms with van der Waals surface area (Å²) >= 11 is 0. The molecule has 0 bridgehead atoms. The molecule has 0 saturated carbocycles. The van der Waals surface area contributed by atoms with E-state index < -0.39 is 18.0 Å². The molecule has 3 N–H and O–H groups in total. The number of aromatic carboxylic acids is 1. The summed E-state index contributed by atoms with van der Waals surface area (Å²) in [4.78, 5) is 36.1. The SMILES string of the molecule is Cc1ccc(NC(=O)C(C)CNC(=O)OCC2c3ccccc3-c3ccccc32)cc1C(=O)O. The van der Waals surface area contributed by atoms with Gasteiger partial charge in [0, 0.05) is 18.2 Å². The molecule has 0 saturated heterocycles. The first-order valence-corrected chi connectivity index (χ1v) is 11.1. The third-order valence-corrected chi connectivity index (χ3v) is 6.08. The van der Waals surface area contributed by atoms with Gasteiger partial charge in [0.05, 0.1) is 11.5 Å². The van der Waals surface area contributed by atoms with Gasteiger partial charge in [0.15, 0.2) is 0 Å². The predicted molar refractivity (Wildman–Crippen MR) is 129 cm³/mol. The molecule has 7 nitrogen and oxygen atoms in total. The Morgan fingerprint density at radius 2 is 1.59 bits per heavy atom. The quantitative estimate of drug-likeness (QED) is 0.471. The van der Waals surface area contributed by atoms with Gasteiger partial charge in [0.2, 0.25) is 5.91 Å². The number of rotatable bonds is 7. The number of aryl methyl sites for hydroxylation is 1. The summed E-state index contributed by atoms with van der Waals surface area (Å²) in [5.74, 6) is -1.98. The van der Waals surface area contributed by atoms with E-state index in [1.807, 2.05) is 24.3 Å². The molecular formula is C27H26N2O5. The number of anilines is 1. The number of amides is 2. The molecule has 1 aliphatic carbocycles. The molecular weight excluding hydrogens is 432 g/mol. The van der Waals surface area contributed by atoms with Crippen LogP contribution in [0, 0.1) is 12.8 Å². The lowest BCUT2D eigenvalue weighted by atomic mass is 9.98. The Morgan fingerprint density at radius 1 is 0.971 bits per heavy atom. The van der Waals surface area contributed by atoms with Gasteiger partial charge in [-0.25, -0.2) is 9.59 Å². The van der Waals surface area contributed by atoms with Gasteiger partial charge in [-0.15, -0.1) is 0 Å². The minimum Gasteiger partial charge on any atom is -0.478 e. The Morgan fingerprint density at radius 3 is 2.21 bits per heavy atom. The van der Waals surface area contributed by atoms with E-state index in [1.54, 1.807) is 26.0 Å². The smallest absolute Gasteiger partial charge is 0.407 e. The average molecular weight is 459 g/mol. The Labute approximate surface area is 197 Å². The van der Waals surface area contributed by atoms with Crippen LogP contribution in [0.3, 0.4) is 0 Å². The van der Waals surface area contributed by atoms with Crippen molar-refractivity contribution in [2.75, 3.05) is 18.5 Å². The van der Waals surface area contributed by atoms with E-state index in [0.29, 0.717) is 11.3 Å². The zero-order valence-corrected chi connectivity index (χ0v) is 19.0. The molecule has 0 aromatic heterocycles. The van der Waals surface area contributed by atoms with Crippen LogP contribution in [0.4, 0.5) is 10.5 Å². The number of ether oxygens (including phenoxy) is 1. The van der Waals surface area contributed by atoms with E-state index in [-0.39, 0.29) is 30.5 Å². The zero-order chi connectivity index (χ0) is 24.2. The number of fused-ring (bicyclic) bond motifs is 3. The van der Waals surface area contributed by atoms with Crippen molar-refractivity contribution in [3.05, 3.63) is 89.0 Å². The van der Waals surface area contributed by atoms with E-state index in [2.05, 4.69) is 34.9 Å². The molecule has 2 amide bonds. The van der Waals surface area contributed by atoms with Crippen LogP contribution in [0.1, 0.15) is 39.9 Å². The van der Waals surface area contributed by atoms with Crippen LogP contribution in [0.25, 0.3) is 11.1 Å². The van der Waals surface area contributed by atoms with E-state index in [9.17, 15) is 19.5 Å². The Kier molecular flexibility index (Phi) is 6.63. The molecule has 3 aromatic carbocycles. The number of carbonyl (C=O) groups excluding carboxylic acids is 2. The van der Waals surface area contributed by atoms with Crippen molar-refractivity contribution in [1.82, 2.24) is 5.32 Å². The van der Waals surface area contributed by atoms with Gasteiger partial charge in [-0.1, -0.05) is 61.5 Å². The summed E-state index contributed by atoms with van der Waals surface area (Å²) in [6.45, 7) is 3.64. The molecule has 1 unspecified atom stereocenters. The minimum absolute atomic E-state index is 0.0381. The highest BCUT2D eigenvalue weighted by Gasteiger charge is 2.29. The molecule has 1 aliphatic rings. The number of hydrogen-bond donors (Lipinski definition) is 3. The first-order chi connectivity index (χ1) is 16.3. The van der Waals surface area contributed by atoms with Gasteiger partial charge in [-0.05, 0) is 46.9 Å². The second kappa shape index (κ2) is 9.79. The van der Waals surface area contributed by atoms with Crippen molar-refractivity contribution in [1.29, 1.82) is 0 Å². The number of carboxylic acid groups (broad SMARTS) is 1. The summed E-state index contributed by atoms with van der Waals surface area (Å²) in [6, 6.07) is 20.9. The lowest BCUT2D eigenvalue weighted by molar-refractivity contribution is -0.119. The van der Waals surface area contributed by atoms with Gasteiger partial charge in [-0.3, -0.25) is 4.79 Å². The van der Waals surface area contributed by atoms with Crippen molar-refractivity contribution >= 4 is 23.7 Å². The Balaban J connectivity index is 1.30. The first kappa shape index (κ1) is 23.0. The Hall–Kier alpha value is -4.13. The summed E-state index contributed by atoms with van der Waals surface area (Å²) < 4.78 is 5.50. The molecule has 0 fully saturated rings. The first-order valence-electron chi connectivity index (χ1n) is 11.1. The van der Waals surface area contributed by atoms with E-state index in [4.69, 9.17) is 4.74 Å². The van der Waals surface area contributed by atoms with E-state index >= 15 is 0 Å². The molecule has 0 spiro atoms. The maximum absolute atomic E-state index is 12.5. The molecule has 1 atom stereocenters. The maximum atomic E-state index is 12.5. The standard InChI is InChI=1S/C27H26N2O5/c1-16-11-12-18(13-23(16)26(31)32)29-25(30)17(2)14-28-27(33)34-15-24-21-9-5-3-7-19(21)20-8-4-6-10-22(20)24/h3-13,17,24H,14-15H2,1-2H3,(H,28,33)(H,29,30)(H,31,32). The predicted octanol–water partition coefficient (Wildman–Crippen LogP) is 4.81. The van der Waals surface area contributed by atoms with Crippen molar-refractivity contribution in [3.8, 4) is 11.1 Å². The average Bonchev–Trinajstić information content (AvgIpc) is 3.16. The van der Waals surface area contributed by atoms with E-state index in [1.165, 1.54) is 6.07 Å². The van der Waals surface area contributed by atoms with Crippen LogP contribution in [-0.2, 0) is 9.53 Å². The summed E-state index contributed by atoms with van der Waals surface area (Å²) in [5, 5.41) is 14.6. The normalized spacial score (nSPS) is 12.9. The third-order valence-electron chi connectivity index (χ3n) is 6.08. The number of alkyl carbamates (subject to hydrolysis) is 1. The summed E-state index contributed by atoms with van der Waals surface area (Å²) in [7, 11) is 0. The number of nitrogens with one attached hydrogen (secondary N) is 2.